The molecule has 38 heavy (non-hydrogen) atoms. The number of benzene rings is 3. The Morgan fingerprint density at radius 1 is 0.947 bits per heavy atom. The van der Waals surface area contributed by atoms with Gasteiger partial charge in [0.15, 0.2) is 0 Å². The minimum Gasteiger partial charge on any atom is -0.497 e. The number of nitrogens with one attached hydrogen (secondary N) is 3. The molecule has 9 heteroatoms. The lowest BCUT2D eigenvalue weighted by molar-refractivity contribution is -0.113. The number of halogens is 1. The number of carbonyl (C=O) groups excluding carboxylic acids is 2. The maximum Gasteiger partial charge on any atom is 0.261 e. The number of allylic oxidation sites excluding steroid dienone is 1. The maximum atomic E-state index is 13.6. The molecule has 0 fully saturated rings. The van der Waals surface area contributed by atoms with Gasteiger partial charge in [0, 0.05) is 27.7 Å². The van der Waals surface area contributed by atoms with E-state index in [9.17, 15) is 9.59 Å². The molecule has 1 atom stereocenters. The summed E-state index contributed by atoms with van der Waals surface area (Å²) in [5.74, 6) is 0.515. The second-order valence-corrected chi connectivity index (χ2v) is 9.35. The van der Waals surface area contributed by atoms with Crippen molar-refractivity contribution in [3.63, 3.8) is 0 Å². The molecule has 1 aromatic heterocycles. The monoisotopic (exact) mass is 527 g/mol. The molecule has 0 spiro atoms. The highest BCUT2D eigenvalue weighted by Crippen LogP contribution is 2.40. The van der Waals surface area contributed by atoms with Crippen molar-refractivity contribution in [3.8, 4) is 5.75 Å². The van der Waals surface area contributed by atoms with Gasteiger partial charge in [0.1, 0.15) is 23.2 Å². The van der Waals surface area contributed by atoms with Gasteiger partial charge >= 0.3 is 0 Å². The molecule has 2 amide bonds. The van der Waals surface area contributed by atoms with E-state index in [-0.39, 0.29) is 11.8 Å². The molecule has 0 bridgehead atoms. The Bertz CT molecular complexity index is 1560. The van der Waals surface area contributed by atoms with Gasteiger partial charge in [-0.25, -0.2) is 4.68 Å². The SMILES string of the molecule is COc1ccc(NC(=O)C2=C(C)Nc3c(C(=O)Nc4cccc(C)c4)cnn3C2c2ccccc2Cl)cc1. The Balaban J connectivity index is 1.53. The van der Waals surface area contributed by atoms with Gasteiger partial charge in [-0.15, -0.1) is 0 Å². The van der Waals surface area contributed by atoms with E-state index in [4.69, 9.17) is 16.3 Å². The lowest BCUT2D eigenvalue weighted by Gasteiger charge is -2.30. The zero-order chi connectivity index (χ0) is 26.8. The van der Waals surface area contributed by atoms with Crippen molar-refractivity contribution in [3.05, 3.63) is 112 Å². The number of ether oxygens (including phenoxy) is 1. The Kier molecular flexibility index (Phi) is 6.89. The fraction of sp³-hybridized carbons (Fsp3) is 0.138. The van der Waals surface area contributed by atoms with E-state index in [0.29, 0.717) is 50.4 Å². The van der Waals surface area contributed by atoms with E-state index in [1.54, 1.807) is 49.0 Å². The molecule has 0 saturated carbocycles. The number of aromatic nitrogens is 2. The average molecular weight is 528 g/mol. The Labute approximate surface area is 225 Å². The summed E-state index contributed by atoms with van der Waals surface area (Å²) in [5, 5.41) is 14.1. The highest BCUT2D eigenvalue weighted by molar-refractivity contribution is 6.31. The van der Waals surface area contributed by atoms with E-state index < -0.39 is 6.04 Å². The highest BCUT2D eigenvalue weighted by atomic mass is 35.5. The highest BCUT2D eigenvalue weighted by Gasteiger charge is 2.36. The van der Waals surface area contributed by atoms with Gasteiger partial charge < -0.3 is 20.7 Å². The van der Waals surface area contributed by atoms with Crippen LogP contribution < -0.4 is 20.7 Å². The molecule has 4 aromatic rings. The van der Waals surface area contributed by atoms with E-state index in [2.05, 4.69) is 21.0 Å². The molecule has 8 nitrogen and oxygen atoms in total. The number of amides is 2. The first kappa shape index (κ1) is 25.1. The number of carbonyl (C=O) groups is 2. The number of rotatable bonds is 6. The first-order valence-corrected chi connectivity index (χ1v) is 12.4. The zero-order valence-corrected chi connectivity index (χ0v) is 21.8. The normalized spacial score (nSPS) is 14.4. The van der Waals surface area contributed by atoms with Gasteiger partial charge in [-0.2, -0.15) is 5.10 Å². The molecule has 1 aliphatic heterocycles. The number of aryl methyl sites for hydroxylation is 1. The number of fused-ring (bicyclic) bond motifs is 1. The van der Waals surface area contributed by atoms with Crippen LogP contribution in [0.3, 0.4) is 0 Å². The summed E-state index contributed by atoms with van der Waals surface area (Å²) in [5.41, 5.74) is 4.36. The van der Waals surface area contributed by atoms with Crippen LogP contribution in [-0.4, -0.2) is 28.7 Å². The lowest BCUT2D eigenvalue weighted by Crippen LogP contribution is -2.32. The Morgan fingerprint density at radius 2 is 1.68 bits per heavy atom. The fourth-order valence-electron chi connectivity index (χ4n) is 4.49. The topological polar surface area (TPSA) is 97.3 Å². The predicted molar refractivity (Wildman–Crippen MR) is 149 cm³/mol. The van der Waals surface area contributed by atoms with Crippen molar-refractivity contribution in [2.24, 2.45) is 0 Å². The second kappa shape index (κ2) is 10.4. The number of methoxy groups -OCH3 is 1. The van der Waals surface area contributed by atoms with Crippen LogP contribution in [-0.2, 0) is 4.79 Å². The van der Waals surface area contributed by atoms with Crippen molar-refractivity contribution >= 4 is 40.6 Å². The van der Waals surface area contributed by atoms with Gasteiger partial charge in [-0.05, 0) is 61.9 Å². The third kappa shape index (κ3) is 4.86. The molecule has 1 aliphatic rings. The van der Waals surface area contributed by atoms with Crippen molar-refractivity contribution in [2.75, 3.05) is 23.1 Å². The van der Waals surface area contributed by atoms with Gasteiger partial charge in [0.25, 0.3) is 11.8 Å². The first-order valence-electron chi connectivity index (χ1n) is 12.0. The van der Waals surface area contributed by atoms with Crippen LogP contribution >= 0.6 is 11.6 Å². The predicted octanol–water partition coefficient (Wildman–Crippen LogP) is 6.03. The molecule has 3 N–H and O–H groups in total. The van der Waals surface area contributed by atoms with Crippen LogP contribution in [0.4, 0.5) is 17.2 Å². The summed E-state index contributed by atoms with van der Waals surface area (Å²) in [4.78, 5) is 26.9. The van der Waals surface area contributed by atoms with Crippen LogP contribution in [0.5, 0.6) is 5.75 Å². The molecule has 0 aliphatic carbocycles. The lowest BCUT2D eigenvalue weighted by atomic mass is 9.94. The molecule has 2 heterocycles. The van der Waals surface area contributed by atoms with Crippen LogP contribution in [0.15, 0.2) is 90.3 Å². The van der Waals surface area contributed by atoms with Gasteiger partial charge in [0.2, 0.25) is 0 Å². The van der Waals surface area contributed by atoms with Crippen molar-refractivity contribution in [1.82, 2.24) is 9.78 Å². The summed E-state index contributed by atoms with van der Waals surface area (Å²) in [6.07, 6.45) is 1.49. The number of hydrogen-bond donors (Lipinski definition) is 3. The smallest absolute Gasteiger partial charge is 0.261 e. The molecule has 1 unspecified atom stereocenters. The van der Waals surface area contributed by atoms with Crippen molar-refractivity contribution < 1.29 is 14.3 Å². The summed E-state index contributed by atoms with van der Waals surface area (Å²) in [6.45, 7) is 3.76. The van der Waals surface area contributed by atoms with E-state index in [1.807, 2.05) is 49.4 Å². The Morgan fingerprint density at radius 3 is 2.39 bits per heavy atom. The van der Waals surface area contributed by atoms with Crippen molar-refractivity contribution in [2.45, 2.75) is 19.9 Å². The van der Waals surface area contributed by atoms with Crippen LogP contribution in [0.2, 0.25) is 5.02 Å². The van der Waals surface area contributed by atoms with Gasteiger partial charge in [-0.1, -0.05) is 41.9 Å². The molecule has 5 rings (SSSR count). The second-order valence-electron chi connectivity index (χ2n) is 8.95. The molecule has 192 valence electrons. The Hall–Kier alpha value is -4.56. The van der Waals surface area contributed by atoms with Gasteiger partial charge in [-0.3, -0.25) is 9.59 Å². The minimum atomic E-state index is -0.668. The number of anilines is 3. The first-order chi connectivity index (χ1) is 18.4. The van der Waals surface area contributed by atoms with E-state index in [1.165, 1.54) is 6.20 Å². The third-order valence-corrected chi connectivity index (χ3v) is 6.68. The largest absolute Gasteiger partial charge is 0.497 e. The zero-order valence-electron chi connectivity index (χ0n) is 21.1. The van der Waals surface area contributed by atoms with Crippen LogP contribution in [0.25, 0.3) is 0 Å². The van der Waals surface area contributed by atoms with E-state index >= 15 is 0 Å². The minimum absolute atomic E-state index is 0.318. The quantitative estimate of drug-likeness (QED) is 0.284. The molecule has 0 saturated heterocycles. The summed E-state index contributed by atoms with van der Waals surface area (Å²) < 4.78 is 6.84. The standard InChI is InChI=1S/C29H26ClN5O3/c1-17-7-6-8-20(15-17)34-28(36)23-16-31-35-26(22-9-4-5-10-24(22)30)25(18(2)32-27(23)35)29(37)33-19-11-13-21(38-3)14-12-19/h4-16,26,32H,1-3H3,(H,33,37)(H,34,36). The molecular formula is C29H26ClN5O3. The maximum absolute atomic E-state index is 13.6. The molecular weight excluding hydrogens is 502 g/mol. The van der Waals surface area contributed by atoms with Crippen LogP contribution in [0.1, 0.15) is 34.5 Å². The average Bonchev–Trinajstić information content (AvgIpc) is 3.32. The van der Waals surface area contributed by atoms with Crippen molar-refractivity contribution in [1.29, 1.82) is 0 Å². The van der Waals surface area contributed by atoms with Gasteiger partial charge in [0.05, 0.1) is 18.9 Å². The summed E-state index contributed by atoms with van der Waals surface area (Å²) in [6, 6.07) is 21.3. The third-order valence-electron chi connectivity index (χ3n) is 6.34. The number of nitrogens with zero attached hydrogens (tertiary/aromatic N) is 2. The molecule has 0 radical (unpaired) electrons. The summed E-state index contributed by atoms with van der Waals surface area (Å²) >= 11 is 6.62. The van der Waals surface area contributed by atoms with Crippen LogP contribution in [0, 0.1) is 6.92 Å². The molecule has 3 aromatic carbocycles. The number of hydrogen-bond acceptors (Lipinski definition) is 5. The summed E-state index contributed by atoms with van der Waals surface area (Å²) in [7, 11) is 1.58. The van der Waals surface area contributed by atoms with E-state index in [0.717, 1.165) is 5.56 Å². The fourth-order valence-corrected chi connectivity index (χ4v) is 4.73.